The summed E-state index contributed by atoms with van der Waals surface area (Å²) in [5.74, 6) is -0.930. The maximum absolute atomic E-state index is 13.0. The molecule has 144 valence electrons. The summed E-state index contributed by atoms with van der Waals surface area (Å²) in [6.07, 6.45) is 1.59. The van der Waals surface area contributed by atoms with Crippen LogP contribution in [0.25, 0.3) is 6.08 Å². The molecule has 7 heteroatoms. The molecule has 2 aromatic rings. The van der Waals surface area contributed by atoms with Crippen molar-refractivity contribution in [1.82, 2.24) is 5.32 Å². The first-order chi connectivity index (χ1) is 13.4. The summed E-state index contributed by atoms with van der Waals surface area (Å²) < 4.78 is 0.889. The topological polar surface area (TPSA) is 52.7 Å². The van der Waals surface area contributed by atoms with E-state index in [4.69, 9.17) is 12.2 Å². The quantitative estimate of drug-likeness (QED) is 0.416. The van der Waals surface area contributed by atoms with Crippen LogP contribution in [0, 0.1) is 0 Å². The van der Waals surface area contributed by atoms with Gasteiger partial charge in [-0.05, 0) is 74.1 Å². The molecule has 0 spiro atoms. The Labute approximate surface area is 178 Å². The Morgan fingerprint density at radius 3 is 2.21 bits per heavy atom. The van der Waals surface area contributed by atoms with Gasteiger partial charge in [-0.15, -0.1) is 0 Å². The summed E-state index contributed by atoms with van der Waals surface area (Å²) in [7, 11) is 0. The second-order valence-electron chi connectivity index (χ2n) is 6.20. The third kappa shape index (κ3) is 4.15. The SMILES string of the molecule is CCN(CC)c1ccc(/C=C2\C(=O)NC(=S)N(c3ccc(Br)cc3)C2=O)cc1. The zero-order valence-electron chi connectivity index (χ0n) is 15.6. The van der Waals surface area contributed by atoms with Crippen molar-refractivity contribution in [2.75, 3.05) is 22.9 Å². The van der Waals surface area contributed by atoms with Crippen molar-refractivity contribution in [3.8, 4) is 0 Å². The highest BCUT2D eigenvalue weighted by Crippen LogP contribution is 2.24. The van der Waals surface area contributed by atoms with Crippen LogP contribution in [-0.4, -0.2) is 30.0 Å². The smallest absolute Gasteiger partial charge is 0.270 e. The standard InChI is InChI=1S/C21H20BrN3O2S/c1-3-24(4-2)16-9-5-14(6-10-16)13-18-19(26)23-21(28)25(20(18)27)17-11-7-15(22)8-12-17/h5-13H,3-4H2,1-2H3,(H,23,26,28)/b18-13+. The van der Waals surface area contributed by atoms with Crippen molar-refractivity contribution >= 4 is 62.5 Å². The average molecular weight is 458 g/mol. The number of nitrogens with zero attached hydrogens (tertiary/aromatic N) is 2. The minimum atomic E-state index is -0.490. The van der Waals surface area contributed by atoms with Gasteiger partial charge >= 0.3 is 0 Å². The number of nitrogens with one attached hydrogen (secondary N) is 1. The Morgan fingerprint density at radius 2 is 1.64 bits per heavy atom. The van der Waals surface area contributed by atoms with Gasteiger partial charge < -0.3 is 4.90 Å². The molecule has 0 aliphatic carbocycles. The van der Waals surface area contributed by atoms with Crippen LogP contribution in [0.5, 0.6) is 0 Å². The Bertz CT molecular complexity index is 935. The molecule has 0 bridgehead atoms. The monoisotopic (exact) mass is 457 g/mol. The minimum absolute atomic E-state index is 0.0482. The van der Waals surface area contributed by atoms with Gasteiger partial charge in [0.25, 0.3) is 11.8 Å². The second kappa shape index (κ2) is 8.67. The van der Waals surface area contributed by atoms with Crippen LogP contribution in [0.1, 0.15) is 19.4 Å². The van der Waals surface area contributed by atoms with Crippen molar-refractivity contribution in [2.45, 2.75) is 13.8 Å². The molecule has 0 atom stereocenters. The molecule has 1 heterocycles. The predicted molar refractivity (Wildman–Crippen MR) is 120 cm³/mol. The maximum Gasteiger partial charge on any atom is 0.270 e. The Balaban J connectivity index is 1.91. The summed E-state index contributed by atoms with van der Waals surface area (Å²) >= 11 is 8.59. The fourth-order valence-corrected chi connectivity index (χ4v) is 3.56. The molecule has 3 rings (SSSR count). The summed E-state index contributed by atoms with van der Waals surface area (Å²) in [5.41, 5.74) is 2.52. The van der Waals surface area contributed by atoms with E-state index >= 15 is 0 Å². The molecule has 5 nitrogen and oxygen atoms in total. The fourth-order valence-electron chi connectivity index (χ4n) is 3.02. The average Bonchev–Trinajstić information content (AvgIpc) is 2.68. The number of thiocarbonyl (C=S) groups is 1. The van der Waals surface area contributed by atoms with E-state index < -0.39 is 11.8 Å². The summed E-state index contributed by atoms with van der Waals surface area (Å²) in [5, 5.41) is 2.68. The van der Waals surface area contributed by atoms with Crippen molar-refractivity contribution in [3.63, 3.8) is 0 Å². The van der Waals surface area contributed by atoms with Crippen molar-refractivity contribution in [1.29, 1.82) is 0 Å². The van der Waals surface area contributed by atoms with Gasteiger partial charge in [0.15, 0.2) is 5.11 Å². The van der Waals surface area contributed by atoms with E-state index in [9.17, 15) is 9.59 Å². The predicted octanol–water partition coefficient (Wildman–Crippen LogP) is 4.13. The number of anilines is 2. The van der Waals surface area contributed by atoms with E-state index in [2.05, 4.69) is 40.0 Å². The molecule has 1 fully saturated rings. The van der Waals surface area contributed by atoms with Crippen LogP contribution in [0.4, 0.5) is 11.4 Å². The largest absolute Gasteiger partial charge is 0.372 e. The lowest BCUT2D eigenvalue weighted by Crippen LogP contribution is -2.54. The van der Waals surface area contributed by atoms with E-state index in [1.54, 1.807) is 18.2 Å². The van der Waals surface area contributed by atoms with Gasteiger partial charge in [-0.2, -0.15) is 0 Å². The molecular formula is C21H20BrN3O2S. The van der Waals surface area contributed by atoms with Crippen LogP contribution < -0.4 is 15.1 Å². The van der Waals surface area contributed by atoms with Gasteiger partial charge in [0.2, 0.25) is 0 Å². The normalized spacial score (nSPS) is 15.8. The highest BCUT2D eigenvalue weighted by atomic mass is 79.9. The first-order valence-electron chi connectivity index (χ1n) is 8.96. The Hall–Kier alpha value is -2.51. The number of rotatable bonds is 5. The van der Waals surface area contributed by atoms with E-state index in [0.717, 1.165) is 28.8 Å². The molecule has 0 saturated carbocycles. The number of halogens is 1. The van der Waals surface area contributed by atoms with Gasteiger partial charge in [-0.25, -0.2) is 0 Å². The third-order valence-corrected chi connectivity index (χ3v) is 5.33. The molecule has 2 aromatic carbocycles. The van der Waals surface area contributed by atoms with Crippen LogP contribution in [0.2, 0.25) is 0 Å². The van der Waals surface area contributed by atoms with Gasteiger partial charge in [-0.1, -0.05) is 28.1 Å². The van der Waals surface area contributed by atoms with Crippen molar-refractivity contribution in [2.24, 2.45) is 0 Å². The highest BCUT2D eigenvalue weighted by Gasteiger charge is 2.34. The van der Waals surface area contributed by atoms with E-state index in [1.807, 2.05) is 36.4 Å². The zero-order chi connectivity index (χ0) is 20.3. The molecular weight excluding hydrogens is 438 g/mol. The molecule has 2 amide bonds. The molecule has 0 radical (unpaired) electrons. The number of benzene rings is 2. The highest BCUT2D eigenvalue weighted by molar-refractivity contribution is 9.10. The first-order valence-corrected chi connectivity index (χ1v) is 10.2. The summed E-state index contributed by atoms with van der Waals surface area (Å²) in [6.45, 7) is 6.03. The molecule has 1 aliphatic rings. The summed E-state index contributed by atoms with van der Waals surface area (Å²) in [6, 6.07) is 14.9. The molecule has 28 heavy (non-hydrogen) atoms. The zero-order valence-corrected chi connectivity index (χ0v) is 18.0. The Morgan fingerprint density at radius 1 is 1.04 bits per heavy atom. The van der Waals surface area contributed by atoms with Gasteiger partial charge in [-0.3, -0.25) is 19.8 Å². The Kier molecular flexibility index (Phi) is 6.26. The fraction of sp³-hybridized carbons (Fsp3) is 0.190. The van der Waals surface area contributed by atoms with Crippen LogP contribution in [-0.2, 0) is 9.59 Å². The van der Waals surface area contributed by atoms with E-state index in [1.165, 1.54) is 4.90 Å². The second-order valence-corrected chi connectivity index (χ2v) is 7.50. The lowest BCUT2D eigenvalue weighted by atomic mass is 10.1. The number of hydrogen-bond donors (Lipinski definition) is 1. The third-order valence-electron chi connectivity index (χ3n) is 4.52. The summed E-state index contributed by atoms with van der Waals surface area (Å²) in [4.78, 5) is 28.9. The number of carbonyl (C=O) groups excluding carboxylic acids is 2. The molecule has 1 N–H and O–H groups in total. The van der Waals surface area contributed by atoms with Crippen LogP contribution in [0.3, 0.4) is 0 Å². The van der Waals surface area contributed by atoms with Gasteiger partial charge in [0, 0.05) is 23.2 Å². The number of amides is 2. The molecule has 1 aliphatic heterocycles. The lowest BCUT2D eigenvalue weighted by molar-refractivity contribution is -0.122. The van der Waals surface area contributed by atoms with Crippen LogP contribution >= 0.6 is 28.1 Å². The van der Waals surface area contributed by atoms with Crippen molar-refractivity contribution in [3.05, 3.63) is 64.1 Å². The molecule has 0 unspecified atom stereocenters. The van der Waals surface area contributed by atoms with Crippen LogP contribution in [0.15, 0.2) is 58.6 Å². The minimum Gasteiger partial charge on any atom is -0.372 e. The van der Waals surface area contributed by atoms with Gasteiger partial charge in [0.1, 0.15) is 5.57 Å². The van der Waals surface area contributed by atoms with E-state index in [-0.39, 0.29) is 10.7 Å². The maximum atomic E-state index is 13.0. The molecule has 1 saturated heterocycles. The number of hydrogen-bond acceptors (Lipinski definition) is 4. The lowest BCUT2D eigenvalue weighted by Gasteiger charge is -2.29. The number of carbonyl (C=O) groups is 2. The van der Waals surface area contributed by atoms with E-state index in [0.29, 0.717) is 5.69 Å². The molecule has 0 aromatic heterocycles. The first kappa shape index (κ1) is 20.2. The van der Waals surface area contributed by atoms with Gasteiger partial charge in [0.05, 0.1) is 5.69 Å². The van der Waals surface area contributed by atoms with Crippen molar-refractivity contribution < 1.29 is 9.59 Å².